The second-order valence-electron chi connectivity index (χ2n) is 7.41. The van der Waals surface area contributed by atoms with Crippen molar-refractivity contribution in [2.24, 2.45) is 0 Å². The summed E-state index contributed by atoms with van der Waals surface area (Å²) in [6.45, 7) is 7.09. The standard InChI is InChI=1S/C20H24N6O3/c1-13-12-26(7-10-29-13)20-23-18-16(19(24-20)25-5-8-28-9-6-25)21-17(22-18)14-3-2-4-15(27)11-14/h2-4,11,13,27H,5-10,12H2,1H3,(H,21,22,23,24)/t13-/m0/s1. The number of H-pyrrole nitrogens is 1. The maximum Gasteiger partial charge on any atom is 0.229 e. The summed E-state index contributed by atoms with van der Waals surface area (Å²) >= 11 is 0. The Morgan fingerprint density at radius 2 is 1.90 bits per heavy atom. The number of aromatic nitrogens is 4. The summed E-state index contributed by atoms with van der Waals surface area (Å²) in [6.07, 6.45) is 0.136. The van der Waals surface area contributed by atoms with E-state index in [4.69, 9.17) is 24.4 Å². The number of fused-ring (bicyclic) bond motifs is 1. The number of nitrogens with zero attached hydrogens (tertiary/aromatic N) is 5. The first kappa shape index (κ1) is 18.1. The number of aromatic hydroxyl groups is 1. The van der Waals surface area contributed by atoms with Gasteiger partial charge in [0.05, 0.1) is 25.9 Å². The van der Waals surface area contributed by atoms with Crippen molar-refractivity contribution in [3.8, 4) is 17.1 Å². The number of hydrogen-bond acceptors (Lipinski definition) is 8. The summed E-state index contributed by atoms with van der Waals surface area (Å²) < 4.78 is 11.2. The number of nitrogens with one attached hydrogen (secondary N) is 1. The fourth-order valence-corrected chi connectivity index (χ4v) is 3.81. The molecular formula is C20H24N6O3. The van der Waals surface area contributed by atoms with Crippen LogP contribution in [0.4, 0.5) is 11.8 Å². The Morgan fingerprint density at radius 1 is 1.07 bits per heavy atom. The van der Waals surface area contributed by atoms with E-state index in [2.05, 4.69) is 21.7 Å². The maximum absolute atomic E-state index is 9.84. The molecule has 0 radical (unpaired) electrons. The zero-order valence-electron chi connectivity index (χ0n) is 16.3. The summed E-state index contributed by atoms with van der Waals surface area (Å²) in [4.78, 5) is 22.1. The van der Waals surface area contributed by atoms with Crippen molar-refractivity contribution in [1.82, 2.24) is 19.9 Å². The van der Waals surface area contributed by atoms with Gasteiger partial charge in [-0.05, 0) is 19.1 Å². The number of aromatic amines is 1. The molecule has 2 N–H and O–H groups in total. The van der Waals surface area contributed by atoms with Crippen molar-refractivity contribution in [3.63, 3.8) is 0 Å². The van der Waals surface area contributed by atoms with E-state index in [1.54, 1.807) is 18.2 Å². The molecule has 4 heterocycles. The highest BCUT2D eigenvalue weighted by molar-refractivity contribution is 5.87. The molecule has 2 aliphatic rings. The number of morpholine rings is 2. The highest BCUT2D eigenvalue weighted by Gasteiger charge is 2.25. The summed E-state index contributed by atoms with van der Waals surface area (Å²) in [5.41, 5.74) is 2.22. The number of hydrogen-bond donors (Lipinski definition) is 2. The third-order valence-electron chi connectivity index (χ3n) is 5.27. The normalized spacial score (nSPS) is 20.4. The molecule has 2 aliphatic heterocycles. The van der Waals surface area contributed by atoms with Crippen molar-refractivity contribution in [1.29, 1.82) is 0 Å². The molecule has 1 atom stereocenters. The Hall–Kier alpha value is -2.91. The Morgan fingerprint density at radius 3 is 2.69 bits per heavy atom. The largest absolute Gasteiger partial charge is 0.508 e. The fraction of sp³-hybridized carbons (Fsp3) is 0.450. The first-order valence-electron chi connectivity index (χ1n) is 9.94. The van der Waals surface area contributed by atoms with Crippen LogP contribution < -0.4 is 9.80 Å². The van der Waals surface area contributed by atoms with Gasteiger partial charge in [-0.2, -0.15) is 9.97 Å². The monoisotopic (exact) mass is 396 g/mol. The number of phenolic OH excluding ortho intramolecular Hbond substituents is 1. The van der Waals surface area contributed by atoms with E-state index in [1.165, 1.54) is 0 Å². The van der Waals surface area contributed by atoms with E-state index < -0.39 is 0 Å². The zero-order valence-corrected chi connectivity index (χ0v) is 16.3. The topological polar surface area (TPSA) is 99.6 Å². The molecule has 9 nitrogen and oxygen atoms in total. The number of phenols is 1. The summed E-state index contributed by atoms with van der Waals surface area (Å²) in [5, 5.41) is 9.84. The van der Waals surface area contributed by atoms with Crippen LogP contribution in [0.3, 0.4) is 0 Å². The zero-order chi connectivity index (χ0) is 19.8. The molecular weight excluding hydrogens is 372 g/mol. The van der Waals surface area contributed by atoms with Crippen molar-refractivity contribution in [3.05, 3.63) is 24.3 Å². The SMILES string of the molecule is C[C@H]1CN(c2nc(N3CCOCC3)c3[nH]c(-c4cccc(O)c4)nc3n2)CCO1. The van der Waals surface area contributed by atoms with Gasteiger partial charge in [0.1, 0.15) is 17.1 Å². The van der Waals surface area contributed by atoms with Gasteiger partial charge in [-0.15, -0.1) is 0 Å². The summed E-state index contributed by atoms with van der Waals surface area (Å²) in [6, 6.07) is 7.03. The van der Waals surface area contributed by atoms with Crippen molar-refractivity contribution in [2.75, 3.05) is 55.8 Å². The van der Waals surface area contributed by atoms with Crippen LogP contribution in [0.1, 0.15) is 6.92 Å². The maximum atomic E-state index is 9.84. The van der Waals surface area contributed by atoms with Crippen LogP contribution in [0.15, 0.2) is 24.3 Å². The highest BCUT2D eigenvalue weighted by atomic mass is 16.5. The quantitative estimate of drug-likeness (QED) is 0.691. The molecule has 2 aromatic heterocycles. The van der Waals surface area contributed by atoms with E-state index >= 15 is 0 Å². The van der Waals surface area contributed by atoms with Gasteiger partial charge in [0.15, 0.2) is 11.5 Å². The third-order valence-corrected chi connectivity index (χ3v) is 5.27. The van der Waals surface area contributed by atoms with E-state index in [0.29, 0.717) is 37.2 Å². The van der Waals surface area contributed by atoms with Gasteiger partial charge in [-0.1, -0.05) is 12.1 Å². The highest BCUT2D eigenvalue weighted by Crippen LogP contribution is 2.30. The van der Waals surface area contributed by atoms with E-state index in [0.717, 1.165) is 43.1 Å². The van der Waals surface area contributed by atoms with Crippen LogP contribution in [0.25, 0.3) is 22.6 Å². The molecule has 9 heteroatoms. The van der Waals surface area contributed by atoms with Crippen molar-refractivity contribution >= 4 is 22.9 Å². The Labute approximate surface area is 168 Å². The van der Waals surface area contributed by atoms with Gasteiger partial charge >= 0.3 is 0 Å². The molecule has 0 unspecified atom stereocenters. The lowest BCUT2D eigenvalue weighted by atomic mass is 10.2. The molecule has 2 saturated heterocycles. The van der Waals surface area contributed by atoms with E-state index in [9.17, 15) is 5.11 Å². The summed E-state index contributed by atoms with van der Waals surface area (Å²) in [5.74, 6) is 2.37. The number of ether oxygens (including phenoxy) is 2. The van der Waals surface area contributed by atoms with Gasteiger partial charge < -0.3 is 29.4 Å². The minimum absolute atomic E-state index is 0.136. The third kappa shape index (κ3) is 3.58. The predicted octanol–water partition coefficient (Wildman–Crippen LogP) is 1.79. The van der Waals surface area contributed by atoms with Gasteiger partial charge in [0.25, 0.3) is 0 Å². The van der Waals surface area contributed by atoms with Gasteiger partial charge in [-0.25, -0.2) is 4.98 Å². The molecule has 0 bridgehead atoms. The second kappa shape index (κ2) is 7.49. The van der Waals surface area contributed by atoms with Gasteiger partial charge in [0.2, 0.25) is 5.95 Å². The lowest BCUT2D eigenvalue weighted by Crippen LogP contribution is -2.42. The van der Waals surface area contributed by atoms with Crippen LogP contribution >= 0.6 is 0 Å². The number of anilines is 2. The first-order valence-corrected chi connectivity index (χ1v) is 9.94. The predicted molar refractivity (Wildman–Crippen MR) is 109 cm³/mol. The summed E-state index contributed by atoms with van der Waals surface area (Å²) in [7, 11) is 0. The molecule has 0 spiro atoms. The molecule has 2 fully saturated rings. The number of imidazole rings is 1. The van der Waals surface area contributed by atoms with Crippen LogP contribution in [0.2, 0.25) is 0 Å². The lowest BCUT2D eigenvalue weighted by molar-refractivity contribution is 0.0526. The smallest absolute Gasteiger partial charge is 0.229 e. The lowest BCUT2D eigenvalue weighted by Gasteiger charge is -2.32. The molecule has 29 heavy (non-hydrogen) atoms. The van der Waals surface area contributed by atoms with Crippen LogP contribution in [0.5, 0.6) is 5.75 Å². The molecule has 1 aromatic carbocycles. The molecule has 0 amide bonds. The van der Waals surface area contributed by atoms with Gasteiger partial charge in [-0.3, -0.25) is 0 Å². The Balaban J connectivity index is 1.61. The fourth-order valence-electron chi connectivity index (χ4n) is 3.81. The van der Waals surface area contributed by atoms with Crippen LogP contribution in [-0.2, 0) is 9.47 Å². The average Bonchev–Trinajstić information content (AvgIpc) is 3.18. The molecule has 3 aromatic rings. The second-order valence-corrected chi connectivity index (χ2v) is 7.41. The van der Waals surface area contributed by atoms with Crippen LogP contribution in [-0.4, -0.2) is 77.1 Å². The van der Waals surface area contributed by atoms with Crippen molar-refractivity contribution < 1.29 is 14.6 Å². The Kier molecular flexibility index (Phi) is 4.69. The first-order chi connectivity index (χ1) is 14.2. The van der Waals surface area contributed by atoms with Gasteiger partial charge in [0, 0.05) is 31.7 Å². The molecule has 152 valence electrons. The van der Waals surface area contributed by atoms with Crippen LogP contribution in [0, 0.1) is 0 Å². The van der Waals surface area contributed by atoms with E-state index in [-0.39, 0.29) is 11.9 Å². The molecule has 5 rings (SSSR count). The van der Waals surface area contributed by atoms with Crippen molar-refractivity contribution in [2.45, 2.75) is 13.0 Å². The molecule has 0 saturated carbocycles. The molecule has 0 aliphatic carbocycles. The average molecular weight is 396 g/mol. The number of rotatable bonds is 3. The minimum atomic E-state index is 0.136. The minimum Gasteiger partial charge on any atom is -0.508 e. The van der Waals surface area contributed by atoms with E-state index in [1.807, 2.05) is 6.07 Å². The number of benzene rings is 1. The Bertz CT molecular complexity index is 1020.